The minimum atomic E-state index is -0.917. The quantitative estimate of drug-likeness (QED) is 0.119. The first kappa shape index (κ1) is 39.5. The third-order valence-corrected chi connectivity index (χ3v) is 10.1. The standard InChI is InChI=1S/C42H51N5O8/c1-42(2,3)44-40(53)34-26-45(24-28-13-15-29(16-14-28)41(54)55-47-36(50)17-18-37(47)51)19-20-46(34)25-32(48)22-31(21-27-9-5-4-6-10-27)39(52)43-38-33-12-8-7-11-30(33)23-35(38)49/h4-18,31-32,34-35,38,48-51H,19-26H2,1-3H3,(H,43,52)(H,44,53)/t31-,32+,34+,35-,38+/m1/s1. The molecule has 2 heterocycles. The van der Waals surface area contributed by atoms with Gasteiger partial charge in [0.05, 0.1) is 23.8 Å². The van der Waals surface area contributed by atoms with Gasteiger partial charge in [-0.15, -0.1) is 4.73 Å². The normalized spacial score (nSPS) is 20.0. The number of fused-ring (bicyclic) bond motifs is 1. The summed E-state index contributed by atoms with van der Waals surface area (Å²) in [5.74, 6) is -2.57. The predicted molar refractivity (Wildman–Crippen MR) is 205 cm³/mol. The van der Waals surface area contributed by atoms with E-state index in [1.165, 1.54) is 12.1 Å². The highest BCUT2D eigenvalue weighted by atomic mass is 16.7. The molecule has 1 aliphatic heterocycles. The number of amides is 2. The molecule has 2 aliphatic rings. The van der Waals surface area contributed by atoms with Crippen molar-refractivity contribution in [3.05, 3.63) is 119 Å². The molecule has 3 aromatic carbocycles. The van der Waals surface area contributed by atoms with Gasteiger partial charge in [-0.05, 0) is 68.0 Å². The Bertz CT molecular complexity index is 1920. The lowest BCUT2D eigenvalue weighted by Gasteiger charge is -2.42. The van der Waals surface area contributed by atoms with Crippen LogP contribution in [-0.2, 0) is 29.0 Å². The van der Waals surface area contributed by atoms with Crippen LogP contribution >= 0.6 is 0 Å². The molecule has 0 spiro atoms. The van der Waals surface area contributed by atoms with Crippen molar-refractivity contribution in [3.63, 3.8) is 0 Å². The Morgan fingerprint density at radius 2 is 1.55 bits per heavy atom. The molecule has 13 heteroatoms. The van der Waals surface area contributed by atoms with Crippen molar-refractivity contribution in [1.29, 1.82) is 0 Å². The molecule has 6 N–H and O–H groups in total. The predicted octanol–water partition coefficient (Wildman–Crippen LogP) is 2.95. The van der Waals surface area contributed by atoms with Crippen LogP contribution < -0.4 is 15.5 Å². The van der Waals surface area contributed by atoms with Gasteiger partial charge in [-0.3, -0.25) is 19.4 Å². The first-order chi connectivity index (χ1) is 26.2. The Kier molecular flexibility index (Phi) is 12.3. The number of hydrogen-bond donors (Lipinski definition) is 6. The Morgan fingerprint density at radius 1 is 0.873 bits per heavy atom. The number of aromatic nitrogens is 1. The first-order valence-electron chi connectivity index (χ1n) is 18.7. The van der Waals surface area contributed by atoms with E-state index in [0.29, 0.717) is 43.8 Å². The van der Waals surface area contributed by atoms with E-state index in [0.717, 1.165) is 22.3 Å². The number of aliphatic hydroxyl groups excluding tert-OH is 2. The molecule has 2 amide bonds. The highest BCUT2D eigenvalue weighted by molar-refractivity contribution is 5.89. The second-order valence-electron chi connectivity index (χ2n) is 15.6. The molecular weight excluding hydrogens is 702 g/mol. The van der Waals surface area contributed by atoms with Crippen LogP contribution in [0.2, 0.25) is 0 Å². The molecule has 6 rings (SSSR count). The van der Waals surface area contributed by atoms with Crippen molar-refractivity contribution < 1.29 is 39.6 Å². The molecule has 292 valence electrons. The van der Waals surface area contributed by atoms with Crippen LogP contribution in [0.1, 0.15) is 65.8 Å². The molecule has 1 aromatic heterocycles. The summed E-state index contributed by atoms with van der Waals surface area (Å²) < 4.78 is 0.634. The molecule has 4 aromatic rings. The van der Waals surface area contributed by atoms with E-state index < -0.39 is 53.5 Å². The molecule has 1 aliphatic carbocycles. The fourth-order valence-electron chi connectivity index (χ4n) is 7.45. The average Bonchev–Trinajstić information content (AvgIpc) is 3.64. The van der Waals surface area contributed by atoms with Crippen LogP contribution in [0.25, 0.3) is 0 Å². The highest BCUT2D eigenvalue weighted by Gasteiger charge is 2.37. The number of aromatic hydroxyl groups is 2. The summed E-state index contributed by atoms with van der Waals surface area (Å²) in [6, 6.07) is 25.4. The van der Waals surface area contributed by atoms with Crippen molar-refractivity contribution in [2.45, 2.75) is 76.4 Å². The molecule has 13 nitrogen and oxygen atoms in total. The van der Waals surface area contributed by atoms with E-state index in [4.69, 9.17) is 4.84 Å². The third kappa shape index (κ3) is 10.1. The van der Waals surface area contributed by atoms with Crippen LogP contribution in [-0.4, -0.2) is 103 Å². The zero-order chi connectivity index (χ0) is 39.3. The Morgan fingerprint density at radius 3 is 2.24 bits per heavy atom. The largest absolute Gasteiger partial charge is 0.492 e. The van der Waals surface area contributed by atoms with Gasteiger partial charge in [-0.25, -0.2) is 4.79 Å². The van der Waals surface area contributed by atoms with Crippen LogP contribution in [0.15, 0.2) is 91.0 Å². The number of nitrogens with zero attached hydrogens (tertiary/aromatic N) is 3. The van der Waals surface area contributed by atoms with E-state index in [1.54, 1.807) is 24.3 Å². The first-order valence-corrected chi connectivity index (χ1v) is 18.7. The summed E-state index contributed by atoms with van der Waals surface area (Å²) in [7, 11) is 0. The smallest absolute Gasteiger partial charge is 0.363 e. The second-order valence-corrected chi connectivity index (χ2v) is 15.6. The van der Waals surface area contributed by atoms with Crippen molar-refractivity contribution >= 4 is 17.8 Å². The molecule has 0 unspecified atom stereocenters. The highest BCUT2D eigenvalue weighted by Crippen LogP contribution is 2.32. The molecule has 55 heavy (non-hydrogen) atoms. The number of carbonyl (C=O) groups excluding carboxylic acids is 3. The van der Waals surface area contributed by atoms with E-state index >= 15 is 0 Å². The van der Waals surface area contributed by atoms with Gasteiger partial charge in [-0.2, -0.15) is 0 Å². The van der Waals surface area contributed by atoms with Crippen molar-refractivity contribution in [3.8, 4) is 11.8 Å². The molecule has 0 bridgehead atoms. The average molecular weight is 754 g/mol. The van der Waals surface area contributed by atoms with Crippen LogP contribution in [0, 0.1) is 5.92 Å². The summed E-state index contributed by atoms with van der Waals surface area (Å²) in [6.45, 7) is 7.93. The summed E-state index contributed by atoms with van der Waals surface area (Å²) in [5, 5.41) is 48.2. The number of carbonyl (C=O) groups is 3. The lowest BCUT2D eigenvalue weighted by Crippen LogP contribution is -2.61. The minimum Gasteiger partial charge on any atom is -0.492 e. The maximum absolute atomic E-state index is 13.9. The molecule has 5 atom stereocenters. The number of aliphatic hydroxyl groups is 2. The minimum absolute atomic E-state index is 0.161. The summed E-state index contributed by atoms with van der Waals surface area (Å²) >= 11 is 0. The van der Waals surface area contributed by atoms with Gasteiger partial charge in [-0.1, -0.05) is 66.7 Å². The fourth-order valence-corrected chi connectivity index (χ4v) is 7.45. The van der Waals surface area contributed by atoms with E-state index in [9.17, 15) is 34.8 Å². The van der Waals surface area contributed by atoms with Crippen molar-refractivity contribution in [2.24, 2.45) is 5.92 Å². The molecule has 1 saturated heterocycles. The molecule has 0 radical (unpaired) electrons. The number of hydrogen-bond acceptors (Lipinski definition) is 10. The topological polar surface area (TPSA) is 177 Å². The van der Waals surface area contributed by atoms with Crippen LogP contribution in [0.4, 0.5) is 0 Å². The number of nitrogens with one attached hydrogen (secondary N) is 2. The molecule has 0 saturated carbocycles. The number of rotatable bonds is 13. The van der Waals surface area contributed by atoms with Gasteiger partial charge in [0.2, 0.25) is 23.6 Å². The number of β-amino-alcohol motifs (C(OH)–C–C–N with tert-alkyl or cyclic N) is 1. The third-order valence-electron chi connectivity index (χ3n) is 10.1. The lowest BCUT2D eigenvalue weighted by molar-refractivity contribution is -0.132. The van der Waals surface area contributed by atoms with E-state index in [-0.39, 0.29) is 30.3 Å². The SMILES string of the molecule is CC(C)(C)NC(=O)[C@@H]1CN(Cc2ccc(C(=O)On3c(O)ccc3O)cc2)CCN1C[C@@H](O)C[C@@H](Cc1ccccc1)C(=O)N[C@H]1c2ccccc2C[C@H]1O. The van der Waals surface area contributed by atoms with Crippen molar-refractivity contribution in [2.75, 3.05) is 26.2 Å². The number of benzene rings is 3. The zero-order valence-electron chi connectivity index (χ0n) is 31.5. The van der Waals surface area contributed by atoms with E-state index in [2.05, 4.69) is 15.5 Å². The van der Waals surface area contributed by atoms with Crippen LogP contribution in [0.3, 0.4) is 0 Å². The molecular formula is C42H51N5O8. The number of piperazine rings is 1. The van der Waals surface area contributed by atoms with E-state index in [1.807, 2.05) is 80.3 Å². The summed E-state index contributed by atoms with van der Waals surface area (Å²) in [4.78, 5) is 49.5. The van der Waals surface area contributed by atoms with Crippen LogP contribution in [0.5, 0.6) is 11.8 Å². The second kappa shape index (κ2) is 17.1. The summed E-state index contributed by atoms with van der Waals surface area (Å²) in [5.41, 5.74) is 3.51. The Balaban J connectivity index is 1.11. The molecule has 1 fully saturated rings. The fraction of sp³-hybridized carbons (Fsp3) is 0.405. The van der Waals surface area contributed by atoms with Gasteiger partial charge < -0.3 is 35.9 Å². The van der Waals surface area contributed by atoms with Gasteiger partial charge >= 0.3 is 5.97 Å². The Hall–Kier alpha value is -5.21. The van der Waals surface area contributed by atoms with Gasteiger partial charge in [0, 0.05) is 62.7 Å². The van der Waals surface area contributed by atoms with Crippen molar-refractivity contribution in [1.82, 2.24) is 25.2 Å². The van der Waals surface area contributed by atoms with Gasteiger partial charge in [0.25, 0.3) is 0 Å². The Labute approximate surface area is 321 Å². The maximum atomic E-state index is 13.9. The van der Waals surface area contributed by atoms with Gasteiger partial charge in [0.15, 0.2) is 0 Å². The monoisotopic (exact) mass is 753 g/mol. The maximum Gasteiger partial charge on any atom is 0.363 e. The summed E-state index contributed by atoms with van der Waals surface area (Å²) in [6.07, 6.45) is -0.623. The lowest BCUT2D eigenvalue weighted by atomic mass is 9.91. The zero-order valence-corrected chi connectivity index (χ0v) is 31.5. The van der Waals surface area contributed by atoms with Gasteiger partial charge in [0.1, 0.15) is 6.04 Å².